The second-order valence-electron chi connectivity index (χ2n) is 8.17. The van der Waals surface area contributed by atoms with Gasteiger partial charge in [0.25, 0.3) is 5.91 Å². The quantitative estimate of drug-likeness (QED) is 0.477. The Kier molecular flexibility index (Phi) is 5.80. The van der Waals surface area contributed by atoms with Gasteiger partial charge in [0.2, 0.25) is 5.91 Å². The number of amides is 2. The van der Waals surface area contributed by atoms with Crippen LogP contribution in [0.1, 0.15) is 39.9 Å². The van der Waals surface area contributed by atoms with E-state index in [2.05, 4.69) is 20.3 Å². The molecular weight excluding hydrogens is 416 g/mol. The number of carbonyl (C=O) groups is 2. The highest BCUT2D eigenvalue weighted by Gasteiger charge is 2.21. The van der Waals surface area contributed by atoms with Gasteiger partial charge in [-0.3, -0.25) is 14.6 Å². The van der Waals surface area contributed by atoms with Crippen molar-refractivity contribution in [1.82, 2.24) is 29.7 Å². The number of nitrogens with one attached hydrogen (secondary N) is 1. The van der Waals surface area contributed by atoms with E-state index in [1.54, 1.807) is 24.8 Å². The van der Waals surface area contributed by atoms with E-state index in [-0.39, 0.29) is 11.8 Å². The number of pyridine rings is 2. The second-order valence-corrected chi connectivity index (χ2v) is 8.17. The van der Waals surface area contributed by atoms with Gasteiger partial charge in [0.1, 0.15) is 5.52 Å². The van der Waals surface area contributed by atoms with Crippen molar-refractivity contribution in [2.24, 2.45) is 0 Å². The van der Waals surface area contributed by atoms with Crippen molar-refractivity contribution in [3.05, 3.63) is 89.6 Å². The normalized spacial score (nSPS) is 13.6. The van der Waals surface area contributed by atoms with Crippen LogP contribution in [0, 0.1) is 0 Å². The molecule has 3 aromatic heterocycles. The molecule has 1 fully saturated rings. The summed E-state index contributed by atoms with van der Waals surface area (Å²) in [5.41, 5.74) is 4.95. The fourth-order valence-corrected chi connectivity index (χ4v) is 4.12. The van der Waals surface area contributed by atoms with Gasteiger partial charge in [-0.15, -0.1) is 0 Å². The molecule has 1 N–H and O–H groups in total. The number of imidazole rings is 1. The number of likely N-dealkylation sites (tertiary alicyclic amines) is 1. The molecule has 0 atom stereocenters. The molecule has 4 heterocycles. The Labute approximate surface area is 191 Å². The van der Waals surface area contributed by atoms with Crippen LogP contribution in [0.25, 0.3) is 11.2 Å². The highest BCUT2D eigenvalue weighted by molar-refractivity contribution is 5.96. The molecule has 1 aromatic carbocycles. The molecule has 0 radical (unpaired) electrons. The predicted molar refractivity (Wildman–Crippen MR) is 123 cm³/mol. The Morgan fingerprint density at radius 1 is 1.03 bits per heavy atom. The molecule has 1 aliphatic rings. The first-order valence-corrected chi connectivity index (χ1v) is 11.0. The van der Waals surface area contributed by atoms with Crippen molar-refractivity contribution >= 4 is 23.0 Å². The number of aromatic nitrogens is 4. The van der Waals surface area contributed by atoms with Crippen LogP contribution in [0.2, 0.25) is 0 Å². The molecular formula is C25H24N6O2. The highest BCUT2D eigenvalue weighted by Crippen LogP contribution is 2.18. The molecule has 8 heteroatoms. The molecule has 1 aliphatic heterocycles. The smallest absolute Gasteiger partial charge is 0.253 e. The van der Waals surface area contributed by atoms with E-state index in [9.17, 15) is 9.59 Å². The number of fused-ring (bicyclic) bond motifs is 1. The molecule has 0 bridgehead atoms. The summed E-state index contributed by atoms with van der Waals surface area (Å²) in [4.78, 5) is 39.7. The predicted octanol–water partition coefficient (Wildman–Crippen LogP) is 2.93. The lowest BCUT2D eigenvalue weighted by molar-refractivity contribution is -0.128. The fraction of sp³-hybridized carbons (Fsp3) is 0.240. The topological polar surface area (TPSA) is 93.0 Å². The van der Waals surface area contributed by atoms with Crippen LogP contribution >= 0.6 is 0 Å². The summed E-state index contributed by atoms with van der Waals surface area (Å²) < 4.78 is 1.93. The summed E-state index contributed by atoms with van der Waals surface area (Å²) in [6.45, 7) is 2.36. The van der Waals surface area contributed by atoms with E-state index in [4.69, 9.17) is 0 Å². The molecule has 0 unspecified atom stereocenters. The summed E-state index contributed by atoms with van der Waals surface area (Å²) >= 11 is 0. The van der Waals surface area contributed by atoms with E-state index >= 15 is 0 Å². The first kappa shape index (κ1) is 20.8. The van der Waals surface area contributed by atoms with Crippen LogP contribution in [-0.4, -0.2) is 42.8 Å². The van der Waals surface area contributed by atoms with E-state index < -0.39 is 0 Å². The maximum absolute atomic E-state index is 12.8. The van der Waals surface area contributed by atoms with Crippen LogP contribution in [0.4, 0.5) is 0 Å². The molecule has 166 valence electrons. The van der Waals surface area contributed by atoms with Crippen LogP contribution in [0.5, 0.6) is 0 Å². The monoisotopic (exact) mass is 440 g/mol. The Morgan fingerprint density at radius 3 is 2.70 bits per heavy atom. The van der Waals surface area contributed by atoms with Crippen molar-refractivity contribution in [2.75, 3.05) is 6.54 Å². The van der Waals surface area contributed by atoms with Crippen molar-refractivity contribution in [2.45, 2.75) is 32.5 Å². The van der Waals surface area contributed by atoms with Crippen LogP contribution in [0.15, 0.2) is 67.4 Å². The van der Waals surface area contributed by atoms with Gasteiger partial charge in [-0.1, -0.05) is 30.3 Å². The largest absolute Gasteiger partial charge is 0.348 e. The van der Waals surface area contributed by atoms with Gasteiger partial charge < -0.3 is 14.8 Å². The number of carbonyl (C=O) groups excluding carboxylic acids is 2. The Bertz CT molecular complexity index is 1300. The van der Waals surface area contributed by atoms with Crippen molar-refractivity contribution in [1.29, 1.82) is 0 Å². The Morgan fingerprint density at radius 2 is 1.91 bits per heavy atom. The minimum absolute atomic E-state index is 0.191. The van der Waals surface area contributed by atoms with E-state index in [0.717, 1.165) is 35.3 Å². The standard InChI is InChI=1S/C25H24N6O2/c32-23-8-4-10-30(23)16-20-7-2-1-6-19(20)13-28-25(33)21-11-22-24(27-14-21)31(17-29-22)15-18-5-3-9-26-12-18/h1-3,5-7,9,11-12,14,17H,4,8,10,13,15-16H2,(H,28,33). The Balaban J connectivity index is 1.27. The van der Waals surface area contributed by atoms with Crippen molar-refractivity contribution < 1.29 is 9.59 Å². The van der Waals surface area contributed by atoms with E-state index in [0.29, 0.717) is 37.1 Å². The average Bonchev–Trinajstić information content (AvgIpc) is 3.44. The number of hydrogen-bond acceptors (Lipinski definition) is 5. The van der Waals surface area contributed by atoms with Gasteiger partial charge >= 0.3 is 0 Å². The highest BCUT2D eigenvalue weighted by atomic mass is 16.2. The molecule has 5 rings (SSSR count). The lowest BCUT2D eigenvalue weighted by atomic mass is 10.1. The van der Waals surface area contributed by atoms with Crippen LogP contribution in [0.3, 0.4) is 0 Å². The van der Waals surface area contributed by atoms with Gasteiger partial charge in [0.05, 0.1) is 18.4 Å². The maximum atomic E-state index is 12.8. The summed E-state index contributed by atoms with van der Waals surface area (Å²) in [6, 6.07) is 13.5. The first-order valence-electron chi connectivity index (χ1n) is 11.0. The summed E-state index contributed by atoms with van der Waals surface area (Å²) in [5, 5.41) is 2.98. The van der Waals surface area contributed by atoms with Crippen LogP contribution < -0.4 is 5.32 Å². The maximum Gasteiger partial charge on any atom is 0.253 e. The summed E-state index contributed by atoms with van der Waals surface area (Å²) in [5.74, 6) is -0.0190. The van der Waals surface area contributed by atoms with Crippen LogP contribution in [-0.2, 0) is 24.4 Å². The van der Waals surface area contributed by atoms with Gasteiger partial charge in [-0.2, -0.15) is 0 Å². The zero-order valence-electron chi connectivity index (χ0n) is 18.1. The number of benzene rings is 1. The van der Waals surface area contributed by atoms with E-state index in [1.807, 2.05) is 52.1 Å². The fourth-order valence-electron chi connectivity index (χ4n) is 4.12. The van der Waals surface area contributed by atoms with Gasteiger partial charge in [-0.25, -0.2) is 9.97 Å². The number of nitrogens with zero attached hydrogens (tertiary/aromatic N) is 5. The van der Waals surface area contributed by atoms with Crippen molar-refractivity contribution in [3.8, 4) is 0 Å². The van der Waals surface area contributed by atoms with Crippen molar-refractivity contribution in [3.63, 3.8) is 0 Å². The third kappa shape index (κ3) is 4.59. The van der Waals surface area contributed by atoms with E-state index in [1.165, 1.54) is 0 Å². The minimum Gasteiger partial charge on any atom is -0.348 e. The molecule has 2 amide bonds. The molecule has 0 aliphatic carbocycles. The SMILES string of the molecule is O=C(NCc1ccccc1CN1CCCC1=O)c1cnc2c(c1)ncn2Cc1cccnc1. The molecule has 8 nitrogen and oxygen atoms in total. The summed E-state index contributed by atoms with van der Waals surface area (Å²) in [7, 11) is 0. The third-order valence-electron chi connectivity index (χ3n) is 5.88. The molecule has 1 saturated heterocycles. The zero-order valence-corrected chi connectivity index (χ0v) is 18.1. The first-order chi connectivity index (χ1) is 16.2. The average molecular weight is 441 g/mol. The minimum atomic E-state index is -0.210. The molecule has 33 heavy (non-hydrogen) atoms. The zero-order chi connectivity index (χ0) is 22.6. The molecule has 0 saturated carbocycles. The number of hydrogen-bond donors (Lipinski definition) is 1. The molecule has 0 spiro atoms. The number of rotatable bonds is 7. The second kappa shape index (κ2) is 9.20. The van der Waals surface area contributed by atoms with Gasteiger partial charge in [0.15, 0.2) is 5.65 Å². The van der Waals surface area contributed by atoms with Gasteiger partial charge in [0, 0.05) is 44.6 Å². The van der Waals surface area contributed by atoms with Gasteiger partial charge in [-0.05, 0) is 35.2 Å². The molecule has 4 aromatic rings. The lowest BCUT2D eigenvalue weighted by Gasteiger charge is -2.18. The Hall–Kier alpha value is -4.07. The third-order valence-corrected chi connectivity index (χ3v) is 5.88. The summed E-state index contributed by atoms with van der Waals surface area (Å²) in [6.07, 6.45) is 8.38. The lowest BCUT2D eigenvalue weighted by Crippen LogP contribution is -2.27.